The highest BCUT2D eigenvalue weighted by Gasteiger charge is 2.19. The Morgan fingerprint density at radius 3 is 1.85 bits per heavy atom. The molecule has 3 N–H and O–H groups in total. The molecule has 0 unspecified atom stereocenters. The standard InChI is InChI=1S/C30H27Cl2N7O/c1-17-3-12-27(40-2)26(13-17)33-30-34-28(38-36-24-10-4-18-14-20(31)6-8-22(18)24)16-29(35-30)39-37-25-11-5-19-15-21(32)7-9-23(19)25/h3,6-9,12-16H,4-5,10-11H2,1-2H3,(H3,33,34,35,38,39). The van der Waals surface area contributed by atoms with E-state index in [-0.39, 0.29) is 0 Å². The van der Waals surface area contributed by atoms with E-state index in [1.54, 1.807) is 13.2 Å². The highest BCUT2D eigenvalue weighted by Crippen LogP contribution is 2.30. The highest BCUT2D eigenvalue weighted by atomic mass is 35.5. The van der Waals surface area contributed by atoms with E-state index in [4.69, 9.17) is 27.9 Å². The van der Waals surface area contributed by atoms with Crippen LogP contribution >= 0.6 is 23.2 Å². The summed E-state index contributed by atoms with van der Waals surface area (Å²) >= 11 is 12.4. The predicted molar refractivity (Wildman–Crippen MR) is 163 cm³/mol. The van der Waals surface area contributed by atoms with E-state index in [0.717, 1.165) is 69.5 Å². The maximum absolute atomic E-state index is 6.18. The van der Waals surface area contributed by atoms with Crippen LogP contribution in [0.15, 0.2) is 70.9 Å². The molecule has 10 heteroatoms. The molecular weight excluding hydrogens is 545 g/mol. The molecule has 0 spiro atoms. The maximum atomic E-state index is 6.18. The zero-order chi connectivity index (χ0) is 27.6. The third-order valence-electron chi connectivity index (χ3n) is 6.96. The molecule has 0 atom stereocenters. The largest absolute Gasteiger partial charge is 0.495 e. The molecule has 0 saturated heterocycles. The number of benzene rings is 3. The van der Waals surface area contributed by atoms with Crippen molar-refractivity contribution in [2.45, 2.75) is 32.6 Å². The first-order chi connectivity index (χ1) is 19.4. The second-order valence-electron chi connectivity index (χ2n) is 9.73. The Morgan fingerprint density at radius 2 is 1.30 bits per heavy atom. The number of anilines is 4. The second-order valence-corrected chi connectivity index (χ2v) is 10.6. The number of nitrogens with zero attached hydrogens (tertiary/aromatic N) is 4. The van der Waals surface area contributed by atoms with Crippen molar-refractivity contribution in [2.75, 3.05) is 23.3 Å². The fourth-order valence-corrected chi connectivity index (χ4v) is 5.41. The van der Waals surface area contributed by atoms with Crippen molar-refractivity contribution >= 4 is 57.9 Å². The van der Waals surface area contributed by atoms with Crippen LogP contribution < -0.4 is 20.9 Å². The summed E-state index contributed by atoms with van der Waals surface area (Å²) in [6, 6.07) is 19.5. The molecule has 4 aromatic rings. The molecule has 2 aliphatic carbocycles. The van der Waals surface area contributed by atoms with Crippen molar-refractivity contribution in [3.8, 4) is 5.75 Å². The molecule has 8 nitrogen and oxygen atoms in total. The summed E-state index contributed by atoms with van der Waals surface area (Å²) in [5, 5.41) is 14.1. The van der Waals surface area contributed by atoms with E-state index >= 15 is 0 Å². The lowest BCUT2D eigenvalue weighted by Crippen LogP contribution is -2.07. The lowest BCUT2D eigenvalue weighted by Gasteiger charge is -2.13. The minimum absolute atomic E-state index is 0.369. The Morgan fingerprint density at radius 1 is 0.725 bits per heavy atom. The molecule has 1 heterocycles. The molecule has 1 aromatic heterocycles. The quantitative estimate of drug-likeness (QED) is 0.200. The highest BCUT2D eigenvalue weighted by molar-refractivity contribution is 6.31. The average molecular weight is 573 g/mol. The van der Waals surface area contributed by atoms with Crippen molar-refractivity contribution in [2.24, 2.45) is 10.2 Å². The molecule has 0 amide bonds. The first-order valence-corrected chi connectivity index (χ1v) is 13.7. The number of hydrogen-bond donors (Lipinski definition) is 3. The summed E-state index contributed by atoms with van der Waals surface area (Å²) in [5.74, 6) is 2.08. The predicted octanol–water partition coefficient (Wildman–Crippen LogP) is 7.37. The topological polar surface area (TPSA) is 95.8 Å². The van der Waals surface area contributed by atoms with Gasteiger partial charge < -0.3 is 10.1 Å². The molecule has 0 saturated carbocycles. The number of nitrogens with one attached hydrogen (secondary N) is 3. The van der Waals surface area contributed by atoms with Crippen LogP contribution in [0.2, 0.25) is 10.0 Å². The van der Waals surface area contributed by atoms with E-state index in [2.05, 4.69) is 36.3 Å². The smallest absolute Gasteiger partial charge is 0.231 e. The van der Waals surface area contributed by atoms with Gasteiger partial charge in [0, 0.05) is 27.2 Å². The molecule has 0 fully saturated rings. The van der Waals surface area contributed by atoms with Gasteiger partial charge in [-0.05, 0) is 85.7 Å². The number of fused-ring (bicyclic) bond motifs is 2. The third-order valence-corrected chi connectivity index (χ3v) is 7.43. The van der Waals surface area contributed by atoms with Crippen molar-refractivity contribution in [1.82, 2.24) is 9.97 Å². The molecule has 40 heavy (non-hydrogen) atoms. The van der Waals surface area contributed by atoms with Crippen LogP contribution in [0.1, 0.15) is 40.7 Å². The molecule has 202 valence electrons. The van der Waals surface area contributed by atoms with E-state index in [1.165, 1.54) is 11.1 Å². The summed E-state index contributed by atoms with van der Waals surface area (Å²) in [6.07, 6.45) is 3.44. The zero-order valence-electron chi connectivity index (χ0n) is 22.1. The van der Waals surface area contributed by atoms with Gasteiger partial charge in [0.05, 0.1) is 24.2 Å². The molecule has 3 aromatic carbocycles. The van der Waals surface area contributed by atoms with E-state index in [1.807, 2.05) is 61.5 Å². The number of hydrogen-bond acceptors (Lipinski definition) is 8. The normalized spacial score (nSPS) is 15.7. The van der Waals surface area contributed by atoms with Gasteiger partial charge in [-0.15, -0.1) is 0 Å². The molecule has 0 bridgehead atoms. The Balaban J connectivity index is 1.31. The SMILES string of the molecule is COc1ccc(C)cc1Nc1nc(NN=C2CCc3cc(Cl)ccc32)cc(NN=C2CCc3cc(Cl)ccc32)n1. The lowest BCUT2D eigenvalue weighted by molar-refractivity contribution is 0.416. The maximum Gasteiger partial charge on any atom is 0.231 e. The van der Waals surface area contributed by atoms with Gasteiger partial charge >= 0.3 is 0 Å². The first kappa shape index (κ1) is 26.1. The fraction of sp³-hybridized carbons (Fsp3) is 0.200. The summed E-state index contributed by atoms with van der Waals surface area (Å²) in [4.78, 5) is 9.34. The van der Waals surface area contributed by atoms with E-state index < -0.39 is 0 Å². The molecular formula is C30H27Cl2N7O. The monoisotopic (exact) mass is 571 g/mol. The minimum Gasteiger partial charge on any atom is -0.495 e. The van der Waals surface area contributed by atoms with Gasteiger partial charge in [-0.2, -0.15) is 20.2 Å². The summed E-state index contributed by atoms with van der Waals surface area (Å²) in [6.45, 7) is 2.02. The Labute approximate surface area is 242 Å². The number of aryl methyl sites for hydroxylation is 3. The number of aromatic nitrogens is 2. The van der Waals surface area contributed by atoms with Crippen LogP contribution in [-0.4, -0.2) is 28.5 Å². The number of halogens is 2. The first-order valence-electron chi connectivity index (χ1n) is 13.0. The van der Waals surface area contributed by atoms with Gasteiger partial charge in [-0.25, -0.2) is 0 Å². The van der Waals surface area contributed by atoms with Crippen molar-refractivity contribution in [1.29, 1.82) is 0 Å². The van der Waals surface area contributed by atoms with Gasteiger partial charge in [0.15, 0.2) is 11.6 Å². The molecule has 0 radical (unpaired) electrons. The van der Waals surface area contributed by atoms with Crippen molar-refractivity contribution in [3.63, 3.8) is 0 Å². The van der Waals surface area contributed by atoms with Gasteiger partial charge in [-0.1, -0.05) is 41.4 Å². The molecule has 0 aliphatic heterocycles. The van der Waals surface area contributed by atoms with Crippen molar-refractivity contribution in [3.05, 3.63) is 98.5 Å². The van der Waals surface area contributed by atoms with Crippen LogP contribution in [0.4, 0.5) is 23.3 Å². The van der Waals surface area contributed by atoms with Crippen LogP contribution in [0.3, 0.4) is 0 Å². The van der Waals surface area contributed by atoms with E-state index in [9.17, 15) is 0 Å². The summed E-state index contributed by atoms with van der Waals surface area (Å²) in [5.41, 5.74) is 14.6. The number of hydrazone groups is 2. The number of rotatable bonds is 7. The van der Waals surface area contributed by atoms with Crippen LogP contribution in [0.25, 0.3) is 0 Å². The number of ether oxygens (including phenoxy) is 1. The minimum atomic E-state index is 0.369. The van der Waals surface area contributed by atoms with Crippen molar-refractivity contribution < 1.29 is 4.74 Å². The van der Waals surface area contributed by atoms with Gasteiger partial charge in [-0.3, -0.25) is 10.9 Å². The third kappa shape index (κ3) is 5.59. The van der Waals surface area contributed by atoms with Crippen LogP contribution in [0, 0.1) is 6.92 Å². The fourth-order valence-electron chi connectivity index (χ4n) is 5.02. The van der Waals surface area contributed by atoms with Gasteiger partial charge in [0.1, 0.15) is 5.75 Å². The van der Waals surface area contributed by atoms with Gasteiger partial charge in [0.2, 0.25) is 5.95 Å². The molecule has 2 aliphatic rings. The summed E-state index contributed by atoms with van der Waals surface area (Å²) < 4.78 is 5.53. The Bertz CT molecular complexity index is 1580. The van der Waals surface area contributed by atoms with Gasteiger partial charge in [0.25, 0.3) is 0 Å². The average Bonchev–Trinajstić information content (AvgIpc) is 3.53. The number of methoxy groups -OCH3 is 1. The Hall–Kier alpha value is -4.14. The lowest BCUT2D eigenvalue weighted by atomic mass is 10.1. The zero-order valence-corrected chi connectivity index (χ0v) is 23.6. The van der Waals surface area contributed by atoms with Crippen LogP contribution in [-0.2, 0) is 12.8 Å². The Kier molecular flexibility index (Phi) is 7.28. The second kappa shape index (κ2) is 11.2. The summed E-state index contributed by atoms with van der Waals surface area (Å²) in [7, 11) is 1.63. The van der Waals surface area contributed by atoms with Crippen LogP contribution in [0.5, 0.6) is 5.75 Å². The van der Waals surface area contributed by atoms with E-state index in [0.29, 0.717) is 23.3 Å². The molecule has 6 rings (SSSR count).